The van der Waals surface area contributed by atoms with E-state index in [1.165, 1.54) is 11.3 Å². The van der Waals surface area contributed by atoms with Gasteiger partial charge in [0.05, 0.1) is 23.2 Å². The number of fused-ring (bicyclic) bond motifs is 2. The highest BCUT2D eigenvalue weighted by Gasteiger charge is 2.40. The average Bonchev–Trinajstić information content (AvgIpc) is 3.36. The number of hydrogen-bond donors (Lipinski definition) is 2. The molecular formula is C25H22ClN3O4S. The SMILES string of the molecule is COc1ccc(Cl)cc1-c1ccc2c(c1)C(=O)N1CC[C@H](NC(=O)c3cccs3)C[C@H]1C(=O)N2. The summed E-state index contributed by atoms with van der Waals surface area (Å²) in [6.07, 6.45) is 0.932. The van der Waals surface area contributed by atoms with Crippen molar-refractivity contribution in [1.82, 2.24) is 10.2 Å². The summed E-state index contributed by atoms with van der Waals surface area (Å²) in [6.45, 7) is 0.371. The summed E-state index contributed by atoms with van der Waals surface area (Å²) in [4.78, 5) is 41.3. The lowest BCUT2D eigenvalue weighted by Crippen LogP contribution is -2.54. The maximum Gasteiger partial charge on any atom is 0.261 e. The molecule has 174 valence electrons. The lowest BCUT2D eigenvalue weighted by molar-refractivity contribution is -0.121. The van der Waals surface area contributed by atoms with Crippen molar-refractivity contribution in [3.63, 3.8) is 0 Å². The molecule has 0 unspecified atom stereocenters. The van der Waals surface area contributed by atoms with Gasteiger partial charge in [-0.1, -0.05) is 23.7 Å². The first-order valence-corrected chi connectivity index (χ1v) is 12.1. The molecule has 0 spiro atoms. The number of nitrogens with one attached hydrogen (secondary N) is 2. The first kappa shape index (κ1) is 22.4. The van der Waals surface area contributed by atoms with Crippen LogP contribution < -0.4 is 15.4 Å². The number of benzene rings is 2. The second-order valence-corrected chi connectivity index (χ2v) is 9.66. The summed E-state index contributed by atoms with van der Waals surface area (Å²) >= 11 is 7.57. The third-order valence-electron chi connectivity index (χ3n) is 6.23. The molecule has 3 heterocycles. The number of piperidine rings is 1. The minimum absolute atomic E-state index is 0.155. The molecule has 2 atom stereocenters. The first-order valence-electron chi connectivity index (χ1n) is 10.9. The topological polar surface area (TPSA) is 87.7 Å². The Morgan fingerprint density at radius 1 is 1.18 bits per heavy atom. The largest absolute Gasteiger partial charge is 0.496 e. The molecule has 0 radical (unpaired) electrons. The van der Waals surface area contributed by atoms with Crippen LogP contribution in [0.2, 0.25) is 5.02 Å². The van der Waals surface area contributed by atoms with Crippen LogP contribution in [-0.4, -0.2) is 48.4 Å². The van der Waals surface area contributed by atoms with Crippen LogP contribution in [0.25, 0.3) is 11.1 Å². The van der Waals surface area contributed by atoms with Gasteiger partial charge in [0, 0.05) is 23.2 Å². The molecule has 2 aliphatic heterocycles. The molecule has 0 saturated carbocycles. The minimum atomic E-state index is -0.661. The van der Waals surface area contributed by atoms with Gasteiger partial charge in [-0.05, 0) is 60.2 Å². The van der Waals surface area contributed by atoms with Gasteiger partial charge >= 0.3 is 0 Å². The number of hydrogen-bond acceptors (Lipinski definition) is 5. The molecule has 3 aromatic rings. The molecule has 1 saturated heterocycles. The highest BCUT2D eigenvalue weighted by atomic mass is 35.5. The van der Waals surface area contributed by atoms with Crippen molar-refractivity contribution in [2.45, 2.75) is 24.9 Å². The monoisotopic (exact) mass is 495 g/mol. The normalized spacial score (nSPS) is 19.5. The second-order valence-electron chi connectivity index (χ2n) is 8.28. The van der Waals surface area contributed by atoms with Crippen LogP contribution in [0.4, 0.5) is 5.69 Å². The van der Waals surface area contributed by atoms with Gasteiger partial charge in [0.1, 0.15) is 11.8 Å². The summed E-state index contributed by atoms with van der Waals surface area (Å²) in [5.41, 5.74) is 2.40. The van der Waals surface area contributed by atoms with E-state index in [1.807, 2.05) is 17.5 Å². The number of methoxy groups -OCH3 is 1. The molecule has 7 nitrogen and oxygen atoms in total. The number of nitrogens with zero attached hydrogens (tertiary/aromatic N) is 1. The van der Waals surface area contributed by atoms with Crippen LogP contribution in [0.15, 0.2) is 53.9 Å². The zero-order valence-corrected chi connectivity index (χ0v) is 19.9. The van der Waals surface area contributed by atoms with E-state index in [4.69, 9.17) is 16.3 Å². The zero-order chi connectivity index (χ0) is 23.8. The van der Waals surface area contributed by atoms with Crippen molar-refractivity contribution < 1.29 is 19.1 Å². The number of thiophene rings is 1. The van der Waals surface area contributed by atoms with Gasteiger partial charge in [0.2, 0.25) is 5.91 Å². The van der Waals surface area contributed by atoms with E-state index >= 15 is 0 Å². The molecule has 2 aromatic carbocycles. The van der Waals surface area contributed by atoms with Gasteiger partial charge in [0.15, 0.2) is 0 Å². The molecule has 5 rings (SSSR count). The van der Waals surface area contributed by atoms with E-state index < -0.39 is 6.04 Å². The minimum Gasteiger partial charge on any atom is -0.496 e. The van der Waals surface area contributed by atoms with E-state index in [-0.39, 0.29) is 23.8 Å². The predicted molar refractivity (Wildman–Crippen MR) is 132 cm³/mol. The Hall–Kier alpha value is -3.36. The number of ether oxygens (including phenoxy) is 1. The highest BCUT2D eigenvalue weighted by Crippen LogP contribution is 2.36. The Bertz CT molecular complexity index is 1280. The van der Waals surface area contributed by atoms with Crippen molar-refractivity contribution in [3.8, 4) is 16.9 Å². The number of amides is 3. The second kappa shape index (κ2) is 9.12. The quantitative estimate of drug-likeness (QED) is 0.560. The van der Waals surface area contributed by atoms with Crippen molar-refractivity contribution in [3.05, 3.63) is 69.4 Å². The van der Waals surface area contributed by atoms with E-state index in [1.54, 1.807) is 48.4 Å². The third-order valence-corrected chi connectivity index (χ3v) is 7.33. The highest BCUT2D eigenvalue weighted by molar-refractivity contribution is 7.12. The summed E-state index contributed by atoms with van der Waals surface area (Å²) in [5, 5.41) is 8.31. The van der Waals surface area contributed by atoms with Gasteiger partial charge in [-0.3, -0.25) is 14.4 Å². The van der Waals surface area contributed by atoms with E-state index in [9.17, 15) is 14.4 Å². The number of carbonyl (C=O) groups is 3. The predicted octanol–water partition coefficient (Wildman–Crippen LogP) is 4.43. The van der Waals surface area contributed by atoms with Crippen molar-refractivity contribution >= 4 is 46.3 Å². The molecule has 2 aliphatic rings. The number of rotatable bonds is 4. The molecule has 34 heavy (non-hydrogen) atoms. The Balaban J connectivity index is 1.41. The zero-order valence-electron chi connectivity index (χ0n) is 18.3. The van der Waals surface area contributed by atoms with Gasteiger partial charge < -0.3 is 20.3 Å². The van der Waals surface area contributed by atoms with Gasteiger partial charge in [-0.15, -0.1) is 11.3 Å². The number of carbonyl (C=O) groups excluding carboxylic acids is 3. The molecule has 0 bridgehead atoms. The standard InChI is InChI=1S/C25H22ClN3O4S/c1-33-21-7-5-15(26)12-17(21)14-4-6-19-18(11-14)25(32)29-9-8-16(13-20(29)23(30)28-19)27-24(31)22-3-2-10-34-22/h2-7,10-12,16,20H,8-9,13H2,1H3,(H,27,31)(H,28,30)/t16-,20-/m0/s1. The van der Waals surface area contributed by atoms with Gasteiger partial charge in [0.25, 0.3) is 11.8 Å². The number of halogens is 1. The summed E-state index contributed by atoms with van der Waals surface area (Å²) in [6, 6.07) is 13.4. The van der Waals surface area contributed by atoms with Crippen LogP contribution in [0.1, 0.15) is 32.9 Å². The number of anilines is 1. The molecule has 9 heteroatoms. The van der Waals surface area contributed by atoms with Crippen LogP contribution in [0.3, 0.4) is 0 Å². The van der Waals surface area contributed by atoms with Crippen molar-refractivity contribution in [2.24, 2.45) is 0 Å². The molecule has 1 aromatic heterocycles. The fraction of sp³-hybridized carbons (Fsp3) is 0.240. The van der Waals surface area contributed by atoms with Crippen LogP contribution >= 0.6 is 22.9 Å². The van der Waals surface area contributed by atoms with Gasteiger partial charge in [-0.25, -0.2) is 0 Å². The smallest absolute Gasteiger partial charge is 0.261 e. The summed E-state index contributed by atoms with van der Waals surface area (Å²) in [5.74, 6) is 0.00585. The molecule has 3 amide bonds. The van der Waals surface area contributed by atoms with E-state index in [0.717, 1.165) is 11.1 Å². The van der Waals surface area contributed by atoms with Crippen LogP contribution in [-0.2, 0) is 4.79 Å². The third kappa shape index (κ3) is 4.15. The lowest BCUT2D eigenvalue weighted by atomic mass is 9.95. The Labute approximate surface area is 205 Å². The van der Waals surface area contributed by atoms with Crippen LogP contribution in [0.5, 0.6) is 5.75 Å². The van der Waals surface area contributed by atoms with Crippen molar-refractivity contribution in [1.29, 1.82) is 0 Å². The lowest BCUT2D eigenvalue weighted by Gasteiger charge is -2.37. The van der Waals surface area contributed by atoms with Crippen LogP contribution in [0, 0.1) is 0 Å². The Morgan fingerprint density at radius 3 is 2.79 bits per heavy atom. The Kier molecular flexibility index (Phi) is 6.02. The summed E-state index contributed by atoms with van der Waals surface area (Å²) in [7, 11) is 1.58. The molecule has 1 fully saturated rings. The first-order chi connectivity index (χ1) is 16.4. The Morgan fingerprint density at radius 2 is 2.03 bits per heavy atom. The van der Waals surface area contributed by atoms with Crippen molar-refractivity contribution in [2.75, 3.05) is 19.0 Å². The molecule has 0 aliphatic carbocycles. The fourth-order valence-electron chi connectivity index (χ4n) is 4.53. The molecule has 2 N–H and O–H groups in total. The van der Waals surface area contributed by atoms with E-state index in [2.05, 4.69) is 10.6 Å². The summed E-state index contributed by atoms with van der Waals surface area (Å²) < 4.78 is 5.47. The molecular weight excluding hydrogens is 474 g/mol. The van der Waals surface area contributed by atoms with Gasteiger partial charge in [-0.2, -0.15) is 0 Å². The maximum absolute atomic E-state index is 13.5. The van der Waals surface area contributed by atoms with E-state index in [0.29, 0.717) is 46.3 Å². The average molecular weight is 496 g/mol. The maximum atomic E-state index is 13.5. The fourth-order valence-corrected chi connectivity index (χ4v) is 5.33.